The molecule has 1 rings (SSSR count). The standard InChI is InChI=1S/C13H15BrN2O2/c1-3-8-15-13(18)9-16(10(2)17)12-7-5-4-6-11(12)14/h3-7H,1,8-9H2,2H3,(H,15,18). The molecule has 2 amide bonds. The molecular weight excluding hydrogens is 296 g/mol. The lowest BCUT2D eigenvalue weighted by molar-refractivity contribution is -0.122. The number of nitrogens with zero attached hydrogens (tertiary/aromatic N) is 1. The highest BCUT2D eigenvalue weighted by atomic mass is 79.9. The Morgan fingerprint density at radius 3 is 2.67 bits per heavy atom. The van der Waals surface area contributed by atoms with Crippen LogP contribution in [0.3, 0.4) is 0 Å². The van der Waals surface area contributed by atoms with Gasteiger partial charge in [0.05, 0.1) is 5.69 Å². The molecule has 5 heteroatoms. The molecule has 0 saturated carbocycles. The molecule has 0 saturated heterocycles. The molecule has 0 aliphatic heterocycles. The molecule has 96 valence electrons. The van der Waals surface area contributed by atoms with Gasteiger partial charge in [0.1, 0.15) is 6.54 Å². The second-order valence-electron chi connectivity index (χ2n) is 3.65. The van der Waals surface area contributed by atoms with Gasteiger partial charge < -0.3 is 10.2 Å². The topological polar surface area (TPSA) is 49.4 Å². The van der Waals surface area contributed by atoms with Gasteiger partial charge in [-0.05, 0) is 28.1 Å². The number of hydrogen-bond donors (Lipinski definition) is 1. The highest BCUT2D eigenvalue weighted by Gasteiger charge is 2.17. The summed E-state index contributed by atoms with van der Waals surface area (Å²) in [5, 5.41) is 2.64. The van der Waals surface area contributed by atoms with Gasteiger partial charge in [0.15, 0.2) is 0 Å². The molecule has 0 fully saturated rings. The number of nitrogens with one attached hydrogen (secondary N) is 1. The fourth-order valence-electron chi connectivity index (χ4n) is 1.42. The lowest BCUT2D eigenvalue weighted by Gasteiger charge is -2.21. The molecule has 4 nitrogen and oxygen atoms in total. The van der Waals surface area contributed by atoms with Crippen LogP contribution >= 0.6 is 15.9 Å². The normalized spacial score (nSPS) is 9.67. The average Bonchev–Trinajstić information content (AvgIpc) is 2.34. The van der Waals surface area contributed by atoms with E-state index < -0.39 is 0 Å². The van der Waals surface area contributed by atoms with Gasteiger partial charge in [-0.2, -0.15) is 0 Å². The maximum atomic E-state index is 11.6. The third-order valence-corrected chi connectivity index (χ3v) is 2.94. The number of para-hydroxylation sites is 1. The fraction of sp³-hybridized carbons (Fsp3) is 0.231. The van der Waals surface area contributed by atoms with Crippen molar-refractivity contribution in [3.05, 3.63) is 41.4 Å². The summed E-state index contributed by atoms with van der Waals surface area (Å²) in [5.74, 6) is -0.406. The smallest absolute Gasteiger partial charge is 0.240 e. The van der Waals surface area contributed by atoms with Crippen LogP contribution in [0.15, 0.2) is 41.4 Å². The van der Waals surface area contributed by atoms with Gasteiger partial charge in [0.2, 0.25) is 11.8 Å². The maximum absolute atomic E-state index is 11.6. The second-order valence-corrected chi connectivity index (χ2v) is 4.50. The van der Waals surface area contributed by atoms with Crippen molar-refractivity contribution in [2.24, 2.45) is 0 Å². The summed E-state index contributed by atoms with van der Waals surface area (Å²) in [6.45, 7) is 5.33. The van der Waals surface area contributed by atoms with Crippen molar-refractivity contribution in [3.63, 3.8) is 0 Å². The Hall–Kier alpha value is -1.62. The van der Waals surface area contributed by atoms with Gasteiger partial charge in [-0.25, -0.2) is 0 Å². The molecule has 1 aromatic carbocycles. The van der Waals surface area contributed by atoms with Crippen LogP contribution in [-0.4, -0.2) is 24.9 Å². The molecule has 0 unspecified atom stereocenters. The number of carbonyl (C=O) groups is 2. The third kappa shape index (κ3) is 4.00. The molecular formula is C13H15BrN2O2. The predicted octanol–water partition coefficient (Wildman–Crippen LogP) is 2.10. The van der Waals surface area contributed by atoms with E-state index in [1.54, 1.807) is 12.1 Å². The minimum Gasteiger partial charge on any atom is -0.351 e. The van der Waals surface area contributed by atoms with E-state index in [0.717, 1.165) is 4.47 Å². The van der Waals surface area contributed by atoms with Gasteiger partial charge in [0, 0.05) is 17.9 Å². The first kappa shape index (κ1) is 14.4. The summed E-state index contributed by atoms with van der Waals surface area (Å²) in [5.41, 5.74) is 0.679. The molecule has 1 N–H and O–H groups in total. The molecule has 0 aromatic heterocycles. The van der Waals surface area contributed by atoms with Crippen molar-refractivity contribution in [1.29, 1.82) is 0 Å². The van der Waals surface area contributed by atoms with E-state index in [-0.39, 0.29) is 18.4 Å². The number of hydrogen-bond acceptors (Lipinski definition) is 2. The number of carbonyl (C=O) groups excluding carboxylic acids is 2. The lowest BCUT2D eigenvalue weighted by atomic mass is 10.3. The van der Waals surface area contributed by atoms with Crippen molar-refractivity contribution < 1.29 is 9.59 Å². The zero-order valence-electron chi connectivity index (χ0n) is 10.1. The molecule has 0 aliphatic rings. The minimum absolute atomic E-state index is 0.00815. The summed E-state index contributed by atoms with van der Waals surface area (Å²) >= 11 is 3.37. The number of anilines is 1. The second kappa shape index (κ2) is 6.96. The molecule has 0 atom stereocenters. The Labute approximate surface area is 115 Å². The predicted molar refractivity (Wildman–Crippen MR) is 75.4 cm³/mol. The number of amides is 2. The van der Waals surface area contributed by atoms with Crippen LogP contribution in [0.1, 0.15) is 6.92 Å². The number of halogens is 1. The highest BCUT2D eigenvalue weighted by molar-refractivity contribution is 9.10. The van der Waals surface area contributed by atoms with E-state index in [1.165, 1.54) is 11.8 Å². The molecule has 0 spiro atoms. The van der Waals surface area contributed by atoms with Crippen LogP contribution in [0.5, 0.6) is 0 Å². The van der Waals surface area contributed by atoms with Gasteiger partial charge in [0.25, 0.3) is 0 Å². The minimum atomic E-state index is -0.221. The van der Waals surface area contributed by atoms with Crippen LogP contribution in [0, 0.1) is 0 Å². The van der Waals surface area contributed by atoms with Crippen molar-refractivity contribution in [2.45, 2.75) is 6.92 Å². The van der Waals surface area contributed by atoms with Crippen molar-refractivity contribution in [3.8, 4) is 0 Å². The highest BCUT2D eigenvalue weighted by Crippen LogP contribution is 2.25. The number of benzene rings is 1. The molecule has 0 heterocycles. The summed E-state index contributed by atoms with van der Waals surface area (Å²) in [4.78, 5) is 24.7. The molecule has 0 bridgehead atoms. The van der Waals surface area contributed by atoms with E-state index in [4.69, 9.17) is 0 Å². The summed E-state index contributed by atoms with van der Waals surface area (Å²) in [7, 11) is 0. The summed E-state index contributed by atoms with van der Waals surface area (Å²) in [6.07, 6.45) is 1.59. The van der Waals surface area contributed by atoms with Crippen LogP contribution in [-0.2, 0) is 9.59 Å². The first-order valence-corrected chi connectivity index (χ1v) is 6.25. The van der Waals surface area contributed by atoms with Crippen LogP contribution < -0.4 is 10.2 Å². The first-order valence-electron chi connectivity index (χ1n) is 5.46. The molecule has 0 aliphatic carbocycles. The van der Waals surface area contributed by atoms with E-state index in [0.29, 0.717) is 12.2 Å². The van der Waals surface area contributed by atoms with Gasteiger partial charge in [-0.15, -0.1) is 6.58 Å². The Kier molecular flexibility index (Phi) is 5.58. The fourth-order valence-corrected chi connectivity index (χ4v) is 1.92. The van der Waals surface area contributed by atoms with E-state index in [9.17, 15) is 9.59 Å². The summed E-state index contributed by atoms with van der Waals surface area (Å²) < 4.78 is 0.775. The van der Waals surface area contributed by atoms with Crippen molar-refractivity contribution in [2.75, 3.05) is 18.0 Å². The zero-order chi connectivity index (χ0) is 13.5. The zero-order valence-corrected chi connectivity index (χ0v) is 11.7. The Balaban J connectivity index is 2.84. The largest absolute Gasteiger partial charge is 0.351 e. The third-order valence-electron chi connectivity index (χ3n) is 2.27. The van der Waals surface area contributed by atoms with Gasteiger partial charge >= 0.3 is 0 Å². The van der Waals surface area contributed by atoms with Gasteiger partial charge in [-0.1, -0.05) is 18.2 Å². The Bertz CT molecular complexity index is 460. The SMILES string of the molecule is C=CCNC(=O)CN(C(C)=O)c1ccccc1Br. The van der Waals surface area contributed by atoms with Crippen molar-refractivity contribution in [1.82, 2.24) is 5.32 Å². The van der Waals surface area contributed by atoms with Crippen molar-refractivity contribution >= 4 is 33.4 Å². The van der Waals surface area contributed by atoms with Gasteiger partial charge in [-0.3, -0.25) is 9.59 Å². The quantitative estimate of drug-likeness (QED) is 0.847. The van der Waals surface area contributed by atoms with Crippen LogP contribution in [0.2, 0.25) is 0 Å². The Morgan fingerprint density at radius 2 is 2.11 bits per heavy atom. The van der Waals surface area contributed by atoms with Crippen LogP contribution in [0.25, 0.3) is 0 Å². The lowest BCUT2D eigenvalue weighted by Crippen LogP contribution is -2.40. The average molecular weight is 311 g/mol. The van der Waals surface area contributed by atoms with E-state index >= 15 is 0 Å². The van der Waals surface area contributed by atoms with E-state index in [1.807, 2.05) is 18.2 Å². The number of rotatable bonds is 5. The maximum Gasteiger partial charge on any atom is 0.240 e. The molecule has 1 aromatic rings. The monoisotopic (exact) mass is 310 g/mol. The Morgan fingerprint density at radius 1 is 1.44 bits per heavy atom. The first-order chi connectivity index (χ1) is 8.56. The molecule has 18 heavy (non-hydrogen) atoms. The van der Waals surface area contributed by atoms with Crippen LogP contribution in [0.4, 0.5) is 5.69 Å². The summed E-state index contributed by atoms with van der Waals surface area (Å²) in [6, 6.07) is 7.28. The van der Waals surface area contributed by atoms with E-state index in [2.05, 4.69) is 27.8 Å². The molecule has 0 radical (unpaired) electrons.